The lowest BCUT2D eigenvalue weighted by molar-refractivity contribution is 0.386. The van der Waals surface area contributed by atoms with Gasteiger partial charge in [-0.25, -0.2) is 8.42 Å². The molecule has 0 aromatic heterocycles. The quantitative estimate of drug-likeness (QED) is 0.877. The number of nitrogens with one attached hydrogen (secondary N) is 1. The van der Waals surface area contributed by atoms with Crippen molar-refractivity contribution in [2.45, 2.75) is 49.5 Å². The van der Waals surface area contributed by atoms with Crippen LogP contribution in [0.2, 0.25) is 0 Å². The average molecular weight is 293 g/mol. The maximum Gasteiger partial charge on any atom is 0.179 e. The zero-order valence-corrected chi connectivity index (χ0v) is 12.8. The highest BCUT2D eigenvalue weighted by atomic mass is 32.2. The molecule has 1 saturated carbocycles. The van der Waals surface area contributed by atoms with E-state index in [2.05, 4.69) is 12.2 Å². The fourth-order valence-corrected chi connectivity index (χ4v) is 5.27. The molecule has 3 nitrogen and oxygen atoms in total. The molecule has 3 rings (SSSR count). The van der Waals surface area contributed by atoms with Crippen molar-refractivity contribution >= 4 is 9.84 Å². The van der Waals surface area contributed by atoms with Gasteiger partial charge in [0.05, 0.1) is 10.6 Å². The third-order valence-corrected chi connectivity index (χ3v) is 6.37. The third kappa shape index (κ3) is 2.77. The Balaban J connectivity index is 1.83. The van der Waals surface area contributed by atoms with Gasteiger partial charge in [0.25, 0.3) is 0 Å². The van der Waals surface area contributed by atoms with Crippen molar-refractivity contribution in [2.75, 3.05) is 12.3 Å². The van der Waals surface area contributed by atoms with E-state index in [0.717, 1.165) is 24.9 Å². The van der Waals surface area contributed by atoms with Crippen LogP contribution in [0.1, 0.15) is 44.1 Å². The Morgan fingerprint density at radius 3 is 2.75 bits per heavy atom. The summed E-state index contributed by atoms with van der Waals surface area (Å²) in [6.07, 6.45) is 4.75. The highest BCUT2D eigenvalue weighted by Gasteiger charge is 2.38. The Hall–Kier alpha value is -0.870. The minimum Gasteiger partial charge on any atom is -0.314 e. The van der Waals surface area contributed by atoms with E-state index in [1.54, 1.807) is 6.07 Å². The van der Waals surface area contributed by atoms with Gasteiger partial charge in [0.1, 0.15) is 0 Å². The predicted molar refractivity (Wildman–Crippen MR) is 80.7 cm³/mol. The van der Waals surface area contributed by atoms with E-state index in [9.17, 15) is 8.42 Å². The van der Waals surface area contributed by atoms with Gasteiger partial charge in [0, 0.05) is 12.0 Å². The highest BCUT2D eigenvalue weighted by Crippen LogP contribution is 2.40. The summed E-state index contributed by atoms with van der Waals surface area (Å²) in [6.45, 7) is 3.13. The molecule has 0 spiro atoms. The maximum absolute atomic E-state index is 12.3. The van der Waals surface area contributed by atoms with Gasteiger partial charge in [0.15, 0.2) is 9.84 Å². The lowest BCUT2D eigenvalue weighted by atomic mass is 9.84. The van der Waals surface area contributed by atoms with Crippen LogP contribution in [-0.2, 0) is 9.84 Å². The van der Waals surface area contributed by atoms with E-state index in [1.807, 2.05) is 18.2 Å². The van der Waals surface area contributed by atoms with Crippen molar-refractivity contribution in [1.82, 2.24) is 5.32 Å². The fourth-order valence-electron chi connectivity index (χ4n) is 3.30. The van der Waals surface area contributed by atoms with Gasteiger partial charge in [-0.2, -0.15) is 0 Å². The zero-order chi connectivity index (χ0) is 14.2. The summed E-state index contributed by atoms with van der Waals surface area (Å²) >= 11 is 0. The molecule has 0 saturated heterocycles. The minimum atomic E-state index is -3.07. The Morgan fingerprint density at radius 1 is 1.30 bits per heavy atom. The van der Waals surface area contributed by atoms with Crippen LogP contribution in [0, 0.1) is 5.92 Å². The maximum atomic E-state index is 12.3. The largest absolute Gasteiger partial charge is 0.314 e. The van der Waals surface area contributed by atoms with Gasteiger partial charge in [-0.05, 0) is 43.4 Å². The van der Waals surface area contributed by atoms with Crippen LogP contribution in [0.4, 0.5) is 0 Å². The topological polar surface area (TPSA) is 46.2 Å². The average Bonchev–Trinajstić information content (AvgIpc) is 3.21. The monoisotopic (exact) mass is 293 g/mol. The number of sulfone groups is 1. The molecule has 110 valence electrons. The zero-order valence-electron chi connectivity index (χ0n) is 12.0. The van der Waals surface area contributed by atoms with Crippen molar-refractivity contribution in [1.29, 1.82) is 0 Å². The van der Waals surface area contributed by atoms with E-state index >= 15 is 0 Å². The summed E-state index contributed by atoms with van der Waals surface area (Å²) in [5.41, 5.74) is 1.04. The van der Waals surface area contributed by atoms with Crippen LogP contribution in [-0.4, -0.2) is 26.8 Å². The van der Waals surface area contributed by atoms with Crippen molar-refractivity contribution in [2.24, 2.45) is 5.92 Å². The van der Waals surface area contributed by atoms with E-state index in [-0.39, 0.29) is 5.92 Å². The van der Waals surface area contributed by atoms with Crippen LogP contribution >= 0.6 is 0 Å². The molecule has 1 aliphatic carbocycles. The lowest BCUT2D eigenvalue weighted by Crippen LogP contribution is -2.29. The smallest absolute Gasteiger partial charge is 0.179 e. The number of hydrogen-bond donors (Lipinski definition) is 1. The van der Waals surface area contributed by atoms with Gasteiger partial charge >= 0.3 is 0 Å². The molecule has 0 bridgehead atoms. The van der Waals surface area contributed by atoms with Crippen LogP contribution in [0.5, 0.6) is 0 Å². The molecular formula is C16H23NO2S. The van der Waals surface area contributed by atoms with Crippen LogP contribution in [0.3, 0.4) is 0 Å². The highest BCUT2D eigenvalue weighted by molar-refractivity contribution is 7.91. The molecule has 0 radical (unpaired) electrons. The molecule has 0 amide bonds. The van der Waals surface area contributed by atoms with Gasteiger partial charge in [-0.15, -0.1) is 0 Å². The standard InChI is InChI=1S/C16H23NO2S/c1-2-5-12(10-17-13-8-9-13)15-11-20(18,19)16-7-4-3-6-14(15)16/h3-4,6-7,12-13,15,17H,2,5,8-11H2,1H3. The first-order valence-electron chi connectivity index (χ1n) is 7.67. The van der Waals surface area contributed by atoms with Crippen molar-refractivity contribution in [3.05, 3.63) is 29.8 Å². The van der Waals surface area contributed by atoms with Crippen LogP contribution in [0.25, 0.3) is 0 Å². The first-order valence-corrected chi connectivity index (χ1v) is 9.32. The van der Waals surface area contributed by atoms with E-state index < -0.39 is 9.84 Å². The summed E-state index contributed by atoms with van der Waals surface area (Å²) in [5.74, 6) is 0.894. The molecule has 1 heterocycles. The Kier molecular flexibility index (Phi) is 3.87. The van der Waals surface area contributed by atoms with E-state index in [0.29, 0.717) is 22.6 Å². The molecule has 2 aliphatic rings. The number of fused-ring (bicyclic) bond motifs is 1. The number of benzene rings is 1. The van der Waals surface area contributed by atoms with Crippen molar-refractivity contribution < 1.29 is 8.42 Å². The molecule has 2 unspecified atom stereocenters. The van der Waals surface area contributed by atoms with Gasteiger partial charge in [-0.1, -0.05) is 31.5 Å². The molecule has 1 aromatic rings. The van der Waals surface area contributed by atoms with Crippen LogP contribution < -0.4 is 5.32 Å². The molecule has 1 aliphatic heterocycles. The first kappa shape index (κ1) is 14.1. The number of rotatable bonds is 6. The molecule has 1 aromatic carbocycles. The SMILES string of the molecule is CCCC(CNC1CC1)C1CS(=O)(=O)c2ccccc21. The van der Waals surface area contributed by atoms with Crippen molar-refractivity contribution in [3.8, 4) is 0 Å². The first-order chi connectivity index (χ1) is 9.62. The van der Waals surface area contributed by atoms with Gasteiger partial charge in [-0.3, -0.25) is 0 Å². The third-order valence-electron chi connectivity index (χ3n) is 4.53. The molecule has 4 heteroatoms. The molecule has 1 fully saturated rings. The fraction of sp³-hybridized carbons (Fsp3) is 0.625. The van der Waals surface area contributed by atoms with Crippen LogP contribution in [0.15, 0.2) is 29.2 Å². The summed E-state index contributed by atoms with van der Waals surface area (Å²) in [4.78, 5) is 0.567. The van der Waals surface area contributed by atoms with Gasteiger partial charge < -0.3 is 5.32 Å². The van der Waals surface area contributed by atoms with Crippen molar-refractivity contribution in [3.63, 3.8) is 0 Å². The normalized spacial score (nSPS) is 25.4. The molecule has 20 heavy (non-hydrogen) atoms. The van der Waals surface area contributed by atoms with Gasteiger partial charge in [0.2, 0.25) is 0 Å². The summed E-state index contributed by atoms with van der Waals surface area (Å²) in [7, 11) is -3.07. The predicted octanol–water partition coefficient (Wildman–Crippen LogP) is 2.73. The summed E-state index contributed by atoms with van der Waals surface area (Å²) in [6, 6.07) is 8.24. The summed E-state index contributed by atoms with van der Waals surface area (Å²) in [5, 5.41) is 3.58. The minimum absolute atomic E-state index is 0.169. The molecule has 1 N–H and O–H groups in total. The second-order valence-corrected chi connectivity index (χ2v) is 8.16. The lowest BCUT2D eigenvalue weighted by Gasteiger charge is -2.23. The Morgan fingerprint density at radius 2 is 2.05 bits per heavy atom. The molecule has 2 atom stereocenters. The van der Waals surface area contributed by atoms with E-state index in [4.69, 9.17) is 0 Å². The molecular weight excluding hydrogens is 270 g/mol. The number of hydrogen-bond acceptors (Lipinski definition) is 3. The second kappa shape index (κ2) is 5.49. The second-order valence-electron chi connectivity index (χ2n) is 6.16. The van der Waals surface area contributed by atoms with E-state index in [1.165, 1.54) is 12.8 Å². The summed E-state index contributed by atoms with van der Waals surface area (Å²) < 4.78 is 24.6. The Bertz CT molecular complexity index is 578. The Labute approximate surface area is 121 Å².